The topological polar surface area (TPSA) is 50.7 Å². The number of benzene rings is 1. The normalized spacial score (nSPS) is 16.0. The third-order valence-electron chi connectivity index (χ3n) is 2.93. The van der Waals surface area contributed by atoms with Gasteiger partial charge in [-0.25, -0.2) is 0 Å². The molecule has 0 spiro atoms. The molecule has 0 aliphatic heterocycles. The first-order valence-electron chi connectivity index (χ1n) is 6.70. The lowest BCUT2D eigenvalue weighted by atomic mass is 10.1. The van der Waals surface area contributed by atoms with Crippen molar-refractivity contribution in [2.75, 3.05) is 26.9 Å². The van der Waals surface area contributed by atoms with Gasteiger partial charge >= 0.3 is 0 Å². The van der Waals surface area contributed by atoms with Gasteiger partial charge in [-0.2, -0.15) is 0 Å². The molecule has 1 aromatic rings. The van der Waals surface area contributed by atoms with Crippen LogP contribution in [-0.2, 0) is 9.47 Å². The standard InChI is InChI=1S/C15H25NO3/c1-12(10-18-3)16-9-15(17)11-19-13(2)14-7-5-4-6-8-14/h4-8,12-13,15-17H,9-11H2,1-3H3. The number of hydrogen-bond donors (Lipinski definition) is 2. The smallest absolute Gasteiger partial charge is 0.0898 e. The Labute approximate surface area is 115 Å². The zero-order valence-corrected chi connectivity index (χ0v) is 12.0. The number of aliphatic hydroxyl groups is 1. The van der Waals surface area contributed by atoms with E-state index in [-0.39, 0.29) is 12.1 Å². The van der Waals surface area contributed by atoms with Crippen LogP contribution in [0.3, 0.4) is 0 Å². The van der Waals surface area contributed by atoms with Crippen LogP contribution >= 0.6 is 0 Å². The molecule has 0 aliphatic carbocycles. The average Bonchev–Trinajstić information content (AvgIpc) is 2.44. The van der Waals surface area contributed by atoms with Crippen molar-refractivity contribution in [2.24, 2.45) is 0 Å². The SMILES string of the molecule is COCC(C)NCC(O)COC(C)c1ccccc1. The summed E-state index contributed by atoms with van der Waals surface area (Å²) in [4.78, 5) is 0. The van der Waals surface area contributed by atoms with Crippen LogP contribution in [0.2, 0.25) is 0 Å². The molecule has 0 aromatic heterocycles. The Bertz CT molecular complexity index is 331. The van der Waals surface area contributed by atoms with Crippen molar-refractivity contribution in [1.29, 1.82) is 0 Å². The van der Waals surface area contributed by atoms with Gasteiger partial charge in [0, 0.05) is 19.7 Å². The van der Waals surface area contributed by atoms with E-state index in [2.05, 4.69) is 5.32 Å². The summed E-state index contributed by atoms with van der Waals surface area (Å²) in [5, 5.41) is 13.0. The number of aliphatic hydroxyl groups excluding tert-OH is 1. The van der Waals surface area contributed by atoms with Crippen LogP contribution in [-0.4, -0.2) is 44.1 Å². The molecule has 0 heterocycles. The maximum absolute atomic E-state index is 9.83. The van der Waals surface area contributed by atoms with Crippen LogP contribution in [0.1, 0.15) is 25.5 Å². The second kappa shape index (κ2) is 9.04. The van der Waals surface area contributed by atoms with Crippen molar-refractivity contribution in [3.05, 3.63) is 35.9 Å². The van der Waals surface area contributed by atoms with E-state index in [1.165, 1.54) is 0 Å². The van der Waals surface area contributed by atoms with E-state index in [0.717, 1.165) is 5.56 Å². The Hall–Kier alpha value is -0.940. The van der Waals surface area contributed by atoms with Crippen molar-refractivity contribution in [3.8, 4) is 0 Å². The van der Waals surface area contributed by atoms with Gasteiger partial charge in [0.25, 0.3) is 0 Å². The second-order valence-electron chi connectivity index (χ2n) is 4.80. The molecule has 2 N–H and O–H groups in total. The van der Waals surface area contributed by atoms with Gasteiger partial charge in [0.2, 0.25) is 0 Å². The van der Waals surface area contributed by atoms with Gasteiger partial charge in [-0.3, -0.25) is 0 Å². The molecule has 1 rings (SSSR count). The van der Waals surface area contributed by atoms with Crippen LogP contribution < -0.4 is 5.32 Å². The highest BCUT2D eigenvalue weighted by Crippen LogP contribution is 2.15. The molecule has 1 aromatic carbocycles. The quantitative estimate of drug-likeness (QED) is 0.715. The first-order valence-corrected chi connectivity index (χ1v) is 6.70. The van der Waals surface area contributed by atoms with Crippen molar-refractivity contribution < 1.29 is 14.6 Å². The highest BCUT2D eigenvalue weighted by Gasteiger charge is 2.10. The van der Waals surface area contributed by atoms with Gasteiger partial charge in [0.15, 0.2) is 0 Å². The monoisotopic (exact) mass is 267 g/mol. The molecule has 0 bridgehead atoms. The Morgan fingerprint density at radius 3 is 2.47 bits per heavy atom. The van der Waals surface area contributed by atoms with Crippen molar-refractivity contribution in [2.45, 2.75) is 32.1 Å². The molecule has 3 unspecified atom stereocenters. The minimum atomic E-state index is -0.509. The third-order valence-corrected chi connectivity index (χ3v) is 2.93. The molecule has 0 saturated heterocycles. The first kappa shape index (κ1) is 16.1. The molecule has 4 nitrogen and oxygen atoms in total. The Kier molecular flexibility index (Phi) is 7.67. The molecule has 108 valence electrons. The summed E-state index contributed by atoms with van der Waals surface area (Å²) in [6.07, 6.45) is -0.516. The molecule has 3 atom stereocenters. The van der Waals surface area contributed by atoms with E-state index in [0.29, 0.717) is 19.8 Å². The number of hydrogen-bond acceptors (Lipinski definition) is 4. The summed E-state index contributed by atoms with van der Waals surface area (Å²) in [6.45, 7) is 5.47. The maximum atomic E-state index is 9.83. The van der Waals surface area contributed by atoms with Gasteiger partial charge in [0.1, 0.15) is 0 Å². The molecule has 0 aliphatic rings. The Balaban J connectivity index is 2.21. The summed E-state index contributed by atoms with van der Waals surface area (Å²) in [6, 6.07) is 10.2. The van der Waals surface area contributed by atoms with E-state index in [1.807, 2.05) is 44.2 Å². The van der Waals surface area contributed by atoms with E-state index < -0.39 is 6.10 Å². The van der Waals surface area contributed by atoms with Crippen LogP contribution in [0, 0.1) is 0 Å². The van der Waals surface area contributed by atoms with Crippen LogP contribution in [0.25, 0.3) is 0 Å². The van der Waals surface area contributed by atoms with Gasteiger partial charge in [-0.15, -0.1) is 0 Å². The largest absolute Gasteiger partial charge is 0.389 e. The number of nitrogens with one attached hydrogen (secondary N) is 1. The summed E-state index contributed by atoms with van der Waals surface area (Å²) >= 11 is 0. The average molecular weight is 267 g/mol. The maximum Gasteiger partial charge on any atom is 0.0898 e. The van der Waals surface area contributed by atoms with Crippen LogP contribution in [0.4, 0.5) is 0 Å². The van der Waals surface area contributed by atoms with Gasteiger partial charge in [-0.1, -0.05) is 30.3 Å². The van der Waals surface area contributed by atoms with Crippen LogP contribution in [0.5, 0.6) is 0 Å². The zero-order valence-electron chi connectivity index (χ0n) is 12.0. The highest BCUT2D eigenvalue weighted by atomic mass is 16.5. The molecule has 0 saturated carbocycles. The summed E-state index contributed by atoms with van der Waals surface area (Å²) < 4.78 is 10.7. The Morgan fingerprint density at radius 2 is 1.84 bits per heavy atom. The lowest BCUT2D eigenvalue weighted by Crippen LogP contribution is -2.38. The lowest BCUT2D eigenvalue weighted by Gasteiger charge is -2.19. The molecular weight excluding hydrogens is 242 g/mol. The van der Waals surface area contributed by atoms with Crippen molar-refractivity contribution >= 4 is 0 Å². The Morgan fingerprint density at radius 1 is 1.16 bits per heavy atom. The first-order chi connectivity index (χ1) is 9.13. The zero-order chi connectivity index (χ0) is 14.1. The van der Waals surface area contributed by atoms with Crippen molar-refractivity contribution in [3.63, 3.8) is 0 Å². The number of rotatable bonds is 9. The van der Waals surface area contributed by atoms with Gasteiger partial charge in [-0.05, 0) is 19.4 Å². The van der Waals surface area contributed by atoms with Gasteiger partial charge < -0.3 is 19.9 Å². The van der Waals surface area contributed by atoms with E-state index in [4.69, 9.17) is 9.47 Å². The minimum Gasteiger partial charge on any atom is -0.389 e. The van der Waals surface area contributed by atoms with Gasteiger partial charge in [0.05, 0.1) is 25.4 Å². The van der Waals surface area contributed by atoms with E-state index in [1.54, 1.807) is 7.11 Å². The minimum absolute atomic E-state index is 0.00718. The summed E-state index contributed by atoms with van der Waals surface area (Å²) in [5.74, 6) is 0. The third kappa shape index (κ3) is 6.68. The molecular formula is C15H25NO3. The predicted molar refractivity (Wildman–Crippen MR) is 76.2 cm³/mol. The predicted octanol–water partition coefficient (Wildman–Crippen LogP) is 1.75. The fourth-order valence-electron chi connectivity index (χ4n) is 1.78. The fraction of sp³-hybridized carbons (Fsp3) is 0.600. The number of methoxy groups -OCH3 is 1. The van der Waals surface area contributed by atoms with E-state index >= 15 is 0 Å². The number of ether oxygens (including phenoxy) is 2. The molecule has 0 radical (unpaired) electrons. The summed E-state index contributed by atoms with van der Waals surface area (Å²) in [7, 11) is 1.67. The molecule has 4 heteroatoms. The lowest BCUT2D eigenvalue weighted by molar-refractivity contribution is -0.00356. The highest BCUT2D eigenvalue weighted by molar-refractivity contribution is 5.16. The fourth-order valence-corrected chi connectivity index (χ4v) is 1.78. The van der Waals surface area contributed by atoms with Crippen LogP contribution in [0.15, 0.2) is 30.3 Å². The van der Waals surface area contributed by atoms with E-state index in [9.17, 15) is 5.11 Å². The second-order valence-corrected chi connectivity index (χ2v) is 4.80. The molecule has 0 amide bonds. The molecule has 19 heavy (non-hydrogen) atoms. The molecule has 0 fully saturated rings. The van der Waals surface area contributed by atoms with Crippen molar-refractivity contribution in [1.82, 2.24) is 5.32 Å². The summed E-state index contributed by atoms with van der Waals surface area (Å²) in [5.41, 5.74) is 1.12.